The van der Waals surface area contributed by atoms with Gasteiger partial charge >= 0.3 is 12.4 Å². The Balaban J connectivity index is 2.08. The van der Waals surface area contributed by atoms with Crippen molar-refractivity contribution >= 4 is 18.5 Å². The molecule has 4 N–H and O–H groups in total. The van der Waals surface area contributed by atoms with Crippen molar-refractivity contribution in [3.8, 4) is 0 Å². The van der Waals surface area contributed by atoms with Crippen LogP contribution in [0.25, 0.3) is 0 Å². The van der Waals surface area contributed by atoms with Gasteiger partial charge in [0.2, 0.25) is 0 Å². The van der Waals surface area contributed by atoms with Gasteiger partial charge in [0.1, 0.15) is 12.3 Å². The Bertz CT molecular complexity index is 638. The molecule has 0 amide bonds. The van der Waals surface area contributed by atoms with E-state index in [4.69, 9.17) is 14.5 Å². The molecule has 11 heteroatoms. The van der Waals surface area contributed by atoms with Crippen LogP contribution in [-0.4, -0.2) is 43.3 Å². The number of aliphatic hydroxyl groups excluding tert-OH is 1. The Morgan fingerprint density at radius 2 is 2.25 bits per heavy atom. The number of nitrogens with zero attached hydrogens (tertiary/aromatic N) is 1. The van der Waals surface area contributed by atoms with Gasteiger partial charge in [0.25, 0.3) is 5.56 Å². The molecule has 0 radical (unpaired) electrons. The molecule has 2 heterocycles. The van der Waals surface area contributed by atoms with Crippen LogP contribution in [0.3, 0.4) is 0 Å². The summed E-state index contributed by atoms with van der Waals surface area (Å²) in [6.07, 6.45) is -1.23. The molecule has 0 aromatic carbocycles. The van der Waals surface area contributed by atoms with Crippen LogP contribution in [0.4, 0.5) is 0 Å². The van der Waals surface area contributed by atoms with E-state index < -0.39 is 36.4 Å². The van der Waals surface area contributed by atoms with Crippen LogP contribution in [-0.2, 0) is 21.1 Å². The summed E-state index contributed by atoms with van der Waals surface area (Å²) in [5, 5.41) is 9.79. The van der Waals surface area contributed by atoms with Crippen LogP contribution in [0.15, 0.2) is 21.9 Å². The second-order valence-corrected chi connectivity index (χ2v) is 6.90. The Hall–Kier alpha value is -0.870. The first-order valence-corrected chi connectivity index (χ1v) is 8.24. The summed E-state index contributed by atoms with van der Waals surface area (Å²) in [6.45, 7) is -4.13. The van der Waals surface area contributed by atoms with E-state index in [1.54, 1.807) is 0 Å². The highest BCUT2D eigenvalue weighted by Crippen LogP contribution is 2.38. The summed E-state index contributed by atoms with van der Waals surface area (Å²) in [7, 11) is 0. The lowest BCUT2D eigenvalue weighted by Gasteiger charge is -2.17. The SMILES string of the molecule is O=c1ccn([C@H]2CC(O)[C@@H](COP(O)(O)=S)O2)c(=O)[nH]1. The summed E-state index contributed by atoms with van der Waals surface area (Å²) in [6, 6.07) is 1.15. The summed E-state index contributed by atoms with van der Waals surface area (Å²) in [4.78, 5) is 42.5. The number of aliphatic hydroxyl groups is 1. The van der Waals surface area contributed by atoms with Crippen molar-refractivity contribution in [2.24, 2.45) is 0 Å². The van der Waals surface area contributed by atoms with E-state index in [-0.39, 0.29) is 13.0 Å². The van der Waals surface area contributed by atoms with E-state index >= 15 is 0 Å². The lowest BCUT2D eigenvalue weighted by molar-refractivity contribution is -0.0427. The second kappa shape index (κ2) is 5.86. The maximum Gasteiger partial charge on any atom is 0.330 e. The monoisotopic (exact) mass is 324 g/mol. The summed E-state index contributed by atoms with van der Waals surface area (Å²) in [5.41, 5.74) is -1.20. The third-order valence-electron chi connectivity index (χ3n) is 2.77. The number of rotatable bonds is 4. The molecular formula is C9H13N2O7PS. The summed E-state index contributed by atoms with van der Waals surface area (Å²) < 4.78 is 11.1. The molecule has 0 bridgehead atoms. The first-order valence-electron chi connectivity index (χ1n) is 5.61. The highest BCUT2D eigenvalue weighted by Gasteiger charge is 2.36. The van der Waals surface area contributed by atoms with Crippen LogP contribution in [0, 0.1) is 0 Å². The number of aromatic amines is 1. The molecule has 1 aromatic heterocycles. The quantitative estimate of drug-likeness (QED) is 0.487. The van der Waals surface area contributed by atoms with Crippen molar-refractivity contribution < 1.29 is 24.2 Å². The van der Waals surface area contributed by atoms with Crippen molar-refractivity contribution in [1.82, 2.24) is 9.55 Å². The first kappa shape index (κ1) is 15.5. The summed E-state index contributed by atoms with van der Waals surface area (Å²) >= 11 is 4.28. The number of hydrogen-bond donors (Lipinski definition) is 4. The molecule has 1 unspecified atom stereocenters. The van der Waals surface area contributed by atoms with E-state index in [0.717, 1.165) is 10.6 Å². The van der Waals surface area contributed by atoms with Gasteiger partial charge in [-0.1, -0.05) is 0 Å². The Kier molecular flexibility index (Phi) is 4.55. The van der Waals surface area contributed by atoms with Crippen LogP contribution >= 0.6 is 6.72 Å². The van der Waals surface area contributed by atoms with Gasteiger partial charge in [-0.15, -0.1) is 0 Å². The van der Waals surface area contributed by atoms with E-state index in [1.165, 1.54) is 6.20 Å². The molecule has 1 aromatic rings. The van der Waals surface area contributed by atoms with Gasteiger partial charge in [-0.2, -0.15) is 0 Å². The average Bonchev–Trinajstić information content (AvgIpc) is 2.67. The smallest absolute Gasteiger partial charge is 0.330 e. The highest BCUT2D eigenvalue weighted by molar-refractivity contribution is 8.06. The number of nitrogens with one attached hydrogen (secondary N) is 1. The van der Waals surface area contributed by atoms with Crippen molar-refractivity contribution in [1.29, 1.82) is 0 Å². The fraction of sp³-hybridized carbons (Fsp3) is 0.556. The first-order chi connectivity index (χ1) is 9.26. The van der Waals surface area contributed by atoms with Gasteiger partial charge in [-0.3, -0.25) is 14.3 Å². The predicted octanol–water partition coefficient (Wildman–Crippen LogP) is -1.59. The molecule has 3 atom stereocenters. The molecule has 2 rings (SSSR count). The van der Waals surface area contributed by atoms with Crippen molar-refractivity contribution in [3.63, 3.8) is 0 Å². The zero-order valence-electron chi connectivity index (χ0n) is 10.1. The molecular weight excluding hydrogens is 311 g/mol. The van der Waals surface area contributed by atoms with Crippen molar-refractivity contribution in [2.75, 3.05) is 6.61 Å². The lowest BCUT2D eigenvalue weighted by atomic mass is 10.2. The number of ether oxygens (including phenoxy) is 1. The number of hydrogen-bond acceptors (Lipinski definition) is 6. The molecule has 20 heavy (non-hydrogen) atoms. The Morgan fingerprint density at radius 1 is 1.55 bits per heavy atom. The predicted molar refractivity (Wildman–Crippen MR) is 70.5 cm³/mol. The molecule has 1 aliphatic heterocycles. The third-order valence-corrected chi connectivity index (χ3v) is 3.57. The van der Waals surface area contributed by atoms with Crippen LogP contribution in [0.1, 0.15) is 12.6 Å². The molecule has 1 aliphatic rings. The molecule has 0 saturated carbocycles. The summed E-state index contributed by atoms with van der Waals surface area (Å²) in [5.74, 6) is 0. The zero-order chi connectivity index (χ0) is 14.9. The Morgan fingerprint density at radius 3 is 2.85 bits per heavy atom. The second-order valence-electron chi connectivity index (χ2n) is 4.24. The van der Waals surface area contributed by atoms with Gasteiger partial charge in [0.05, 0.1) is 12.7 Å². The van der Waals surface area contributed by atoms with E-state index in [1.807, 2.05) is 0 Å². The average molecular weight is 324 g/mol. The van der Waals surface area contributed by atoms with E-state index in [0.29, 0.717) is 0 Å². The topological polar surface area (TPSA) is 134 Å². The van der Waals surface area contributed by atoms with E-state index in [2.05, 4.69) is 21.3 Å². The van der Waals surface area contributed by atoms with E-state index in [9.17, 15) is 14.7 Å². The van der Waals surface area contributed by atoms with Crippen LogP contribution in [0.5, 0.6) is 0 Å². The van der Waals surface area contributed by atoms with Gasteiger partial charge < -0.3 is 24.2 Å². The van der Waals surface area contributed by atoms with Crippen LogP contribution < -0.4 is 11.2 Å². The van der Waals surface area contributed by atoms with Crippen molar-refractivity contribution in [3.05, 3.63) is 33.1 Å². The largest absolute Gasteiger partial charge is 0.390 e. The molecule has 0 spiro atoms. The molecule has 112 valence electrons. The highest BCUT2D eigenvalue weighted by atomic mass is 32.5. The fourth-order valence-electron chi connectivity index (χ4n) is 1.86. The zero-order valence-corrected chi connectivity index (χ0v) is 11.8. The van der Waals surface area contributed by atoms with Gasteiger partial charge in [0, 0.05) is 18.7 Å². The molecule has 1 fully saturated rings. The fourth-order valence-corrected chi connectivity index (χ4v) is 2.38. The minimum Gasteiger partial charge on any atom is -0.390 e. The maximum absolute atomic E-state index is 11.6. The molecule has 0 aliphatic carbocycles. The number of H-pyrrole nitrogens is 1. The van der Waals surface area contributed by atoms with Crippen LogP contribution in [0.2, 0.25) is 0 Å². The van der Waals surface area contributed by atoms with Crippen molar-refractivity contribution in [2.45, 2.75) is 24.9 Å². The third kappa shape index (κ3) is 3.83. The Labute approximate surface area is 117 Å². The minimum atomic E-state index is -3.83. The van der Waals surface area contributed by atoms with Gasteiger partial charge in [0.15, 0.2) is 0 Å². The lowest BCUT2D eigenvalue weighted by Crippen LogP contribution is -2.31. The van der Waals surface area contributed by atoms with Gasteiger partial charge in [-0.25, -0.2) is 4.79 Å². The van der Waals surface area contributed by atoms with Gasteiger partial charge in [-0.05, 0) is 11.8 Å². The minimum absolute atomic E-state index is 0.0969. The molecule has 9 nitrogen and oxygen atoms in total. The maximum atomic E-state index is 11.6. The standard InChI is InChI=1S/C9H13N2O7PS/c12-5-3-8(11-2-1-7(13)10-9(11)14)18-6(5)4-17-19(15,16)20/h1-2,5-6,8,12H,3-4H2,(H,10,13,14)(H2,15,16,20)/t5?,6-,8-/m1/s1. The normalized spacial score (nSPS) is 26.9. The number of aromatic nitrogens is 2. The molecule has 1 saturated heterocycles.